The molecule has 0 saturated carbocycles. The molecule has 2 aromatic heterocycles. The third-order valence-electron chi connectivity index (χ3n) is 4.43. The quantitative estimate of drug-likeness (QED) is 0.515. The Morgan fingerprint density at radius 3 is 2.78 bits per heavy atom. The summed E-state index contributed by atoms with van der Waals surface area (Å²) < 4.78 is 13.9. The average molecular weight is 388 g/mol. The molecule has 0 atom stereocenters. The Morgan fingerprint density at radius 2 is 2.00 bits per heavy atom. The van der Waals surface area contributed by atoms with E-state index in [4.69, 9.17) is 0 Å². The molecule has 0 radical (unpaired) electrons. The standard InChI is InChI=1S/C17H17FN6O2S/c18-11-3-1-2-4-12(11)23-5-7-24(8-6-23)13(25)9-27-17-21-15-14(16(26)22-17)19-10-20-15/h1-4,10H,5-9H2,(H2,19,20,21,22,26). The Morgan fingerprint density at radius 1 is 1.22 bits per heavy atom. The van der Waals surface area contributed by atoms with E-state index in [0.717, 1.165) is 0 Å². The number of amides is 1. The summed E-state index contributed by atoms with van der Waals surface area (Å²) in [5.41, 5.74) is 0.890. The topological polar surface area (TPSA) is 98.0 Å². The smallest absolute Gasteiger partial charge is 0.277 e. The highest BCUT2D eigenvalue weighted by Crippen LogP contribution is 2.21. The van der Waals surface area contributed by atoms with Crippen LogP contribution in [0.15, 0.2) is 40.5 Å². The molecule has 140 valence electrons. The summed E-state index contributed by atoms with van der Waals surface area (Å²) in [6, 6.07) is 6.65. The highest BCUT2D eigenvalue weighted by Gasteiger charge is 2.23. The molecule has 3 heterocycles. The van der Waals surface area contributed by atoms with Gasteiger partial charge in [0.1, 0.15) is 5.82 Å². The zero-order chi connectivity index (χ0) is 18.8. The van der Waals surface area contributed by atoms with E-state index in [1.54, 1.807) is 23.1 Å². The van der Waals surface area contributed by atoms with Crippen LogP contribution in [0, 0.1) is 5.82 Å². The molecule has 1 saturated heterocycles. The minimum absolute atomic E-state index is 0.0436. The Balaban J connectivity index is 1.34. The number of hydrogen-bond acceptors (Lipinski definition) is 6. The third-order valence-corrected chi connectivity index (χ3v) is 5.29. The number of hydrogen-bond donors (Lipinski definition) is 2. The number of anilines is 1. The molecular formula is C17H17FN6O2S. The molecule has 0 spiro atoms. The van der Waals surface area contributed by atoms with Crippen molar-refractivity contribution in [2.24, 2.45) is 0 Å². The van der Waals surface area contributed by atoms with Crippen LogP contribution in [-0.4, -0.2) is 62.7 Å². The number of thioether (sulfide) groups is 1. The van der Waals surface area contributed by atoms with E-state index in [9.17, 15) is 14.0 Å². The van der Waals surface area contributed by atoms with Crippen molar-refractivity contribution in [3.8, 4) is 0 Å². The number of aromatic nitrogens is 4. The molecule has 3 aromatic rings. The van der Waals surface area contributed by atoms with Crippen molar-refractivity contribution in [1.29, 1.82) is 0 Å². The molecule has 10 heteroatoms. The van der Waals surface area contributed by atoms with Crippen LogP contribution in [0.2, 0.25) is 0 Å². The van der Waals surface area contributed by atoms with E-state index in [0.29, 0.717) is 48.2 Å². The van der Waals surface area contributed by atoms with E-state index in [1.165, 1.54) is 24.2 Å². The summed E-state index contributed by atoms with van der Waals surface area (Å²) in [5.74, 6) is -0.131. The van der Waals surface area contributed by atoms with Crippen molar-refractivity contribution in [1.82, 2.24) is 24.8 Å². The van der Waals surface area contributed by atoms with Crippen molar-refractivity contribution in [3.63, 3.8) is 0 Å². The second-order valence-electron chi connectivity index (χ2n) is 6.08. The number of carbonyl (C=O) groups is 1. The number of para-hydroxylation sites is 1. The SMILES string of the molecule is O=C(CSc1nc2nc[nH]c2c(=O)[nH]1)N1CCN(c2ccccc2F)CC1. The molecule has 4 rings (SSSR count). The highest BCUT2D eigenvalue weighted by molar-refractivity contribution is 7.99. The monoisotopic (exact) mass is 388 g/mol. The summed E-state index contributed by atoms with van der Waals surface area (Å²) in [6.45, 7) is 2.20. The summed E-state index contributed by atoms with van der Waals surface area (Å²) in [7, 11) is 0. The van der Waals surface area contributed by atoms with Crippen LogP contribution in [-0.2, 0) is 4.79 Å². The fraction of sp³-hybridized carbons (Fsp3) is 0.294. The van der Waals surface area contributed by atoms with E-state index < -0.39 is 0 Å². The molecule has 0 bridgehead atoms. The lowest BCUT2D eigenvalue weighted by Gasteiger charge is -2.36. The van der Waals surface area contributed by atoms with Crippen molar-refractivity contribution >= 4 is 34.5 Å². The normalized spacial score (nSPS) is 14.7. The predicted molar refractivity (Wildman–Crippen MR) is 100 cm³/mol. The Hall–Kier alpha value is -2.88. The predicted octanol–water partition coefficient (Wildman–Crippen LogP) is 1.23. The minimum atomic E-state index is -0.314. The van der Waals surface area contributed by atoms with Crippen LogP contribution < -0.4 is 10.5 Å². The first-order valence-electron chi connectivity index (χ1n) is 8.45. The number of H-pyrrole nitrogens is 2. The zero-order valence-electron chi connectivity index (χ0n) is 14.3. The number of nitrogens with zero attached hydrogens (tertiary/aromatic N) is 4. The maximum atomic E-state index is 13.9. The van der Waals surface area contributed by atoms with Crippen molar-refractivity contribution < 1.29 is 9.18 Å². The van der Waals surface area contributed by atoms with E-state index in [2.05, 4.69) is 19.9 Å². The van der Waals surface area contributed by atoms with Gasteiger partial charge < -0.3 is 14.8 Å². The van der Waals surface area contributed by atoms with Crippen molar-refractivity contribution in [2.75, 3.05) is 36.8 Å². The van der Waals surface area contributed by atoms with Gasteiger partial charge in [0.25, 0.3) is 5.56 Å². The van der Waals surface area contributed by atoms with Gasteiger partial charge in [-0.25, -0.2) is 14.4 Å². The molecule has 27 heavy (non-hydrogen) atoms. The van der Waals surface area contributed by atoms with Crippen LogP contribution >= 0.6 is 11.8 Å². The Kier molecular flexibility index (Phi) is 4.80. The first-order chi connectivity index (χ1) is 13.1. The first-order valence-corrected chi connectivity index (χ1v) is 9.44. The molecule has 0 aliphatic carbocycles. The zero-order valence-corrected chi connectivity index (χ0v) is 15.1. The second-order valence-corrected chi connectivity index (χ2v) is 7.04. The van der Waals surface area contributed by atoms with Gasteiger partial charge in [-0.15, -0.1) is 0 Å². The first kappa shape index (κ1) is 17.5. The minimum Gasteiger partial charge on any atom is -0.366 e. The molecular weight excluding hydrogens is 371 g/mol. The lowest BCUT2D eigenvalue weighted by atomic mass is 10.2. The fourth-order valence-electron chi connectivity index (χ4n) is 3.02. The van der Waals surface area contributed by atoms with Crippen LogP contribution in [0.1, 0.15) is 0 Å². The maximum absolute atomic E-state index is 13.9. The molecule has 0 unspecified atom stereocenters. The largest absolute Gasteiger partial charge is 0.366 e. The lowest BCUT2D eigenvalue weighted by molar-refractivity contribution is -0.128. The summed E-state index contributed by atoms with van der Waals surface area (Å²) in [6.07, 6.45) is 1.40. The van der Waals surface area contributed by atoms with E-state index >= 15 is 0 Å². The molecule has 1 aromatic carbocycles. The summed E-state index contributed by atoms with van der Waals surface area (Å²) in [4.78, 5) is 41.6. The summed E-state index contributed by atoms with van der Waals surface area (Å²) in [5, 5.41) is 0.359. The van der Waals surface area contributed by atoms with Crippen LogP contribution in [0.25, 0.3) is 11.2 Å². The van der Waals surface area contributed by atoms with Crippen LogP contribution in [0.3, 0.4) is 0 Å². The van der Waals surface area contributed by atoms with Crippen molar-refractivity contribution in [2.45, 2.75) is 5.16 Å². The van der Waals surface area contributed by atoms with Gasteiger partial charge in [0.2, 0.25) is 5.91 Å². The maximum Gasteiger partial charge on any atom is 0.277 e. The average Bonchev–Trinajstić information content (AvgIpc) is 3.16. The number of carbonyl (C=O) groups excluding carboxylic acids is 1. The number of fused-ring (bicyclic) bond motifs is 1. The molecule has 1 fully saturated rings. The molecule has 1 aliphatic heterocycles. The lowest BCUT2D eigenvalue weighted by Crippen LogP contribution is -2.49. The van der Waals surface area contributed by atoms with Gasteiger partial charge >= 0.3 is 0 Å². The van der Waals surface area contributed by atoms with Crippen LogP contribution in [0.5, 0.6) is 0 Å². The third kappa shape index (κ3) is 3.65. The van der Waals surface area contributed by atoms with Gasteiger partial charge in [-0.1, -0.05) is 23.9 Å². The highest BCUT2D eigenvalue weighted by atomic mass is 32.2. The van der Waals surface area contributed by atoms with Gasteiger partial charge in [-0.2, -0.15) is 0 Å². The molecule has 1 aliphatic rings. The summed E-state index contributed by atoms with van der Waals surface area (Å²) >= 11 is 1.17. The molecule has 8 nitrogen and oxygen atoms in total. The Labute approximate surface area is 157 Å². The van der Waals surface area contributed by atoms with Gasteiger partial charge in [-0.05, 0) is 12.1 Å². The van der Waals surface area contributed by atoms with E-state index in [-0.39, 0.29) is 23.0 Å². The number of imidazole rings is 1. The van der Waals surface area contributed by atoms with Gasteiger partial charge in [0.05, 0.1) is 17.8 Å². The second kappa shape index (κ2) is 7.39. The molecule has 1 amide bonds. The fourth-order valence-corrected chi connectivity index (χ4v) is 3.78. The van der Waals surface area contributed by atoms with Crippen LogP contribution in [0.4, 0.5) is 10.1 Å². The van der Waals surface area contributed by atoms with E-state index in [1.807, 2.05) is 4.90 Å². The number of rotatable bonds is 4. The number of piperazine rings is 1. The number of benzene rings is 1. The van der Waals surface area contributed by atoms with Gasteiger partial charge in [0, 0.05) is 26.2 Å². The molecule has 2 N–H and O–H groups in total. The van der Waals surface area contributed by atoms with Crippen molar-refractivity contribution in [3.05, 3.63) is 46.8 Å². The number of nitrogens with one attached hydrogen (secondary N) is 2. The number of aromatic amines is 2. The number of halogens is 1. The Bertz CT molecular complexity index is 1030. The van der Waals surface area contributed by atoms with Gasteiger partial charge in [0.15, 0.2) is 16.3 Å². The van der Waals surface area contributed by atoms with Gasteiger partial charge in [-0.3, -0.25) is 14.6 Å².